The first-order chi connectivity index (χ1) is 8.24. The fraction of sp³-hybridized carbons (Fsp3) is 0.467. The van der Waals surface area contributed by atoms with Gasteiger partial charge >= 0.3 is 0 Å². The first kappa shape index (κ1) is 10.8. The molecule has 2 N–H and O–H groups in total. The first-order valence-electron chi connectivity index (χ1n) is 6.57. The fourth-order valence-electron chi connectivity index (χ4n) is 2.24. The molecule has 0 atom stereocenters. The van der Waals surface area contributed by atoms with Crippen LogP contribution in [0.3, 0.4) is 0 Å². The van der Waals surface area contributed by atoms with E-state index in [1.54, 1.807) is 0 Å². The number of aromatic nitrogens is 1. The summed E-state index contributed by atoms with van der Waals surface area (Å²) in [5.41, 5.74) is 4.07. The van der Waals surface area contributed by atoms with Crippen molar-refractivity contribution in [1.82, 2.24) is 10.3 Å². The third kappa shape index (κ3) is 2.22. The van der Waals surface area contributed by atoms with Gasteiger partial charge in [-0.2, -0.15) is 0 Å². The molecule has 2 aromatic rings. The topological polar surface area (TPSA) is 27.8 Å². The second kappa shape index (κ2) is 4.19. The fourth-order valence-corrected chi connectivity index (χ4v) is 2.24. The molecule has 2 nitrogen and oxygen atoms in total. The number of fused-ring (bicyclic) bond motifs is 1. The van der Waals surface area contributed by atoms with Gasteiger partial charge in [0.15, 0.2) is 0 Å². The van der Waals surface area contributed by atoms with Crippen LogP contribution in [-0.4, -0.2) is 11.0 Å². The molecule has 0 unspecified atom stereocenters. The maximum Gasteiger partial charge on any atom is 0.0457 e. The summed E-state index contributed by atoms with van der Waals surface area (Å²) in [6.07, 6.45) is 4.84. The normalized spacial score (nSPS) is 15.9. The van der Waals surface area contributed by atoms with Crippen molar-refractivity contribution >= 4 is 10.9 Å². The van der Waals surface area contributed by atoms with Gasteiger partial charge in [-0.25, -0.2) is 0 Å². The predicted molar refractivity (Wildman–Crippen MR) is 72.2 cm³/mol. The zero-order valence-corrected chi connectivity index (χ0v) is 10.6. The van der Waals surface area contributed by atoms with E-state index in [1.165, 1.54) is 34.9 Å². The zero-order valence-electron chi connectivity index (χ0n) is 10.6. The van der Waals surface area contributed by atoms with Crippen molar-refractivity contribution in [3.05, 3.63) is 35.5 Å². The summed E-state index contributed by atoms with van der Waals surface area (Å²) in [6, 6.07) is 7.53. The van der Waals surface area contributed by atoms with Gasteiger partial charge in [-0.15, -0.1) is 0 Å². The van der Waals surface area contributed by atoms with E-state index in [1.807, 2.05) is 0 Å². The molecule has 1 aromatic carbocycles. The van der Waals surface area contributed by atoms with Crippen LogP contribution in [0.5, 0.6) is 0 Å². The highest BCUT2D eigenvalue weighted by Gasteiger charge is 2.20. The Bertz CT molecular complexity index is 521. The van der Waals surface area contributed by atoms with E-state index in [0.29, 0.717) is 5.92 Å². The zero-order chi connectivity index (χ0) is 11.8. The van der Waals surface area contributed by atoms with Crippen molar-refractivity contribution in [3.63, 3.8) is 0 Å². The minimum absolute atomic E-state index is 0.596. The summed E-state index contributed by atoms with van der Waals surface area (Å²) >= 11 is 0. The van der Waals surface area contributed by atoms with Crippen molar-refractivity contribution in [2.45, 2.75) is 45.2 Å². The van der Waals surface area contributed by atoms with Gasteiger partial charge in [0.05, 0.1) is 0 Å². The average molecular weight is 228 g/mol. The maximum atomic E-state index is 3.58. The lowest BCUT2D eigenvalue weighted by Gasteiger charge is -2.06. The minimum atomic E-state index is 0.596. The molecule has 1 heterocycles. The van der Waals surface area contributed by atoms with Gasteiger partial charge in [-0.05, 0) is 42.0 Å². The molecule has 1 aliphatic rings. The number of hydrogen-bond acceptors (Lipinski definition) is 1. The number of hydrogen-bond donors (Lipinski definition) is 2. The molecular weight excluding hydrogens is 208 g/mol. The second-order valence-electron chi connectivity index (χ2n) is 5.43. The van der Waals surface area contributed by atoms with Gasteiger partial charge < -0.3 is 10.3 Å². The van der Waals surface area contributed by atoms with E-state index in [2.05, 4.69) is 48.5 Å². The van der Waals surface area contributed by atoms with Crippen LogP contribution < -0.4 is 5.32 Å². The van der Waals surface area contributed by atoms with Gasteiger partial charge in [0, 0.05) is 29.7 Å². The van der Waals surface area contributed by atoms with Crippen LogP contribution in [0.1, 0.15) is 43.7 Å². The van der Waals surface area contributed by atoms with E-state index in [4.69, 9.17) is 0 Å². The number of rotatable bonds is 4. The van der Waals surface area contributed by atoms with Gasteiger partial charge in [-0.3, -0.25) is 0 Å². The monoisotopic (exact) mass is 228 g/mol. The molecule has 3 rings (SSSR count). The molecule has 0 bridgehead atoms. The molecular formula is C15H20N2. The van der Waals surface area contributed by atoms with Crippen molar-refractivity contribution in [3.8, 4) is 0 Å². The summed E-state index contributed by atoms with van der Waals surface area (Å²) in [5.74, 6) is 0.596. The first-order valence-corrected chi connectivity index (χ1v) is 6.57. The molecule has 1 fully saturated rings. The van der Waals surface area contributed by atoms with Crippen molar-refractivity contribution < 1.29 is 0 Å². The maximum absolute atomic E-state index is 3.58. The molecule has 2 heteroatoms. The Morgan fingerprint density at radius 3 is 2.88 bits per heavy atom. The summed E-state index contributed by atoms with van der Waals surface area (Å²) in [6.45, 7) is 5.48. The number of nitrogens with one attached hydrogen (secondary N) is 2. The van der Waals surface area contributed by atoms with Gasteiger partial charge in [0.25, 0.3) is 0 Å². The summed E-state index contributed by atoms with van der Waals surface area (Å²) in [5, 5.41) is 4.96. The summed E-state index contributed by atoms with van der Waals surface area (Å²) in [4.78, 5) is 3.36. The molecule has 0 radical (unpaired) electrons. The van der Waals surface area contributed by atoms with E-state index in [-0.39, 0.29) is 0 Å². The summed E-state index contributed by atoms with van der Waals surface area (Å²) < 4.78 is 0. The van der Waals surface area contributed by atoms with Crippen LogP contribution in [0.15, 0.2) is 24.4 Å². The van der Waals surface area contributed by atoms with Crippen LogP contribution in [0.25, 0.3) is 10.9 Å². The molecule has 0 amide bonds. The van der Waals surface area contributed by atoms with Crippen molar-refractivity contribution in [2.75, 3.05) is 0 Å². The third-order valence-corrected chi connectivity index (χ3v) is 3.62. The lowest BCUT2D eigenvalue weighted by atomic mass is 10.0. The highest BCUT2D eigenvalue weighted by atomic mass is 14.9. The Kier molecular flexibility index (Phi) is 2.67. The lowest BCUT2D eigenvalue weighted by Crippen LogP contribution is -2.14. The van der Waals surface area contributed by atoms with Gasteiger partial charge in [-0.1, -0.05) is 19.9 Å². The Hall–Kier alpha value is -1.28. The smallest absolute Gasteiger partial charge is 0.0457 e. The minimum Gasteiger partial charge on any atom is -0.361 e. The number of H-pyrrole nitrogens is 1. The molecule has 0 spiro atoms. The SMILES string of the molecule is CC(C)c1ccc2[nH]cc(CNC3CC3)c2c1. The predicted octanol–water partition coefficient (Wildman–Crippen LogP) is 3.54. The third-order valence-electron chi connectivity index (χ3n) is 3.62. The van der Waals surface area contributed by atoms with Crippen molar-refractivity contribution in [2.24, 2.45) is 0 Å². The Morgan fingerprint density at radius 2 is 2.18 bits per heavy atom. The molecule has 90 valence electrons. The molecule has 1 aromatic heterocycles. The molecule has 17 heavy (non-hydrogen) atoms. The lowest BCUT2D eigenvalue weighted by molar-refractivity contribution is 0.691. The Morgan fingerprint density at radius 1 is 1.35 bits per heavy atom. The molecule has 0 saturated heterocycles. The van der Waals surface area contributed by atoms with E-state index in [9.17, 15) is 0 Å². The average Bonchev–Trinajstić information content (AvgIpc) is 3.06. The van der Waals surface area contributed by atoms with Gasteiger partial charge in [0.1, 0.15) is 0 Å². The van der Waals surface area contributed by atoms with E-state index >= 15 is 0 Å². The van der Waals surface area contributed by atoms with E-state index in [0.717, 1.165) is 12.6 Å². The van der Waals surface area contributed by atoms with E-state index < -0.39 is 0 Å². The van der Waals surface area contributed by atoms with Crippen LogP contribution in [0, 0.1) is 0 Å². The Balaban J connectivity index is 1.90. The van der Waals surface area contributed by atoms with Gasteiger partial charge in [0.2, 0.25) is 0 Å². The molecule has 1 saturated carbocycles. The quantitative estimate of drug-likeness (QED) is 0.823. The standard InChI is InChI=1S/C15H20N2/c1-10(2)11-3-6-15-14(7-11)12(9-17-15)8-16-13-4-5-13/h3,6-7,9-10,13,16-17H,4-5,8H2,1-2H3. The molecule has 0 aliphatic heterocycles. The second-order valence-corrected chi connectivity index (χ2v) is 5.43. The Labute approximate surface area is 102 Å². The van der Waals surface area contributed by atoms with Crippen LogP contribution in [0.2, 0.25) is 0 Å². The van der Waals surface area contributed by atoms with Crippen molar-refractivity contribution in [1.29, 1.82) is 0 Å². The largest absolute Gasteiger partial charge is 0.361 e. The molecule has 1 aliphatic carbocycles. The van der Waals surface area contributed by atoms with Crippen LogP contribution >= 0.6 is 0 Å². The highest BCUT2D eigenvalue weighted by Crippen LogP contribution is 2.25. The van der Waals surface area contributed by atoms with Crippen LogP contribution in [0.4, 0.5) is 0 Å². The number of aromatic amines is 1. The highest BCUT2D eigenvalue weighted by molar-refractivity contribution is 5.84. The van der Waals surface area contributed by atoms with Crippen LogP contribution in [-0.2, 0) is 6.54 Å². The summed E-state index contributed by atoms with van der Waals surface area (Å²) in [7, 11) is 0. The number of benzene rings is 1.